The van der Waals surface area contributed by atoms with E-state index >= 15 is 0 Å². The third-order valence-electron chi connectivity index (χ3n) is 3.82. The molecule has 2 aromatic rings. The van der Waals surface area contributed by atoms with Crippen LogP contribution in [0.2, 0.25) is 5.02 Å². The van der Waals surface area contributed by atoms with Crippen molar-refractivity contribution < 1.29 is 14.4 Å². The molecule has 0 aliphatic carbocycles. The van der Waals surface area contributed by atoms with E-state index in [1.165, 1.54) is 0 Å². The summed E-state index contributed by atoms with van der Waals surface area (Å²) in [7, 11) is 0. The largest absolute Gasteiger partial charge is 0.354 e. The summed E-state index contributed by atoms with van der Waals surface area (Å²) in [5, 5.41) is 2.86. The van der Waals surface area contributed by atoms with Gasteiger partial charge in [0.1, 0.15) is 6.54 Å². The summed E-state index contributed by atoms with van der Waals surface area (Å²) in [6.45, 7) is 0.896. The Morgan fingerprint density at radius 3 is 2.74 bits per heavy atom. The average molecular weight is 405 g/mol. The van der Waals surface area contributed by atoms with Crippen molar-refractivity contribution in [2.75, 3.05) is 13.1 Å². The van der Waals surface area contributed by atoms with E-state index in [2.05, 4.69) is 10.3 Å². The Kier molecular flexibility index (Phi) is 6.31. The summed E-state index contributed by atoms with van der Waals surface area (Å²) in [6, 6.07) is 6.91. The molecule has 3 amide bonds. The Morgan fingerprint density at radius 2 is 2.04 bits per heavy atom. The molecule has 0 unspecified atom stereocenters. The third-order valence-corrected chi connectivity index (χ3v) is 4.98. The molecular formula is C18H17ClN4O3S. The van der Waals surface area contributed by atoms with Crippen molar-refractivity contribution in [1.29, 1.82) is 0 Å². The van der Waals surface area contributed by atoms with Crippen LogP contribution in [0.3, 0.4) is 0 Å². The van der Waals surface area contributed by atoms with E-state index in [0.29, 0.717) is 11.6 Å². The molecule has 1 fully saturated rings. The molecule has 1 aliphatic rings. The third kappa shape index (κ3) is 5.21. The molecular weight excluding hydrogens is 388 g/mol. The van der Waals surface area contributed by atoms with Crippen LogP contribution in [0.4, 0.5) is 4.79 Å². The van der Waals surface area contributed by atoms with E-state index in [9.17, 15) is 14.4 Å². The Hall–Kier alpha value is -2.58. The number of halogens is 1. The number of carbonyl (C=O) groups excluding carboxylic acids is 3. The average Bonchev–Trinajstić information content (AvgIpc) is 3.25. The number of benzene rings is 1. The van der Waals surface area contributed by atoms with Gasteiger partial charge in [-0.3, -0.25) is 19.3 Å². The summed E-state index contributed by atoms with van der Waals surface area (Å²) in [6.07, 6.45) is 7.57. The van der Waals surface area contributed by atoms with Crippen LogP contribution in [0.5, 0.6) is 0 Å². The topological polar surface area (TPSA) is 84.3 Å². The van der Waals surface area contributed by atoms with Gasteiger partial charge < -0.3 is 9.88 Å². The molecule has 1 saturated heterocycles. The highest BCUT2D eigenvalue weighted by Gasteiger charge is 2.36. The van der Waals surface area contributed by atoms with E-state index in [0.717, 1.165) is 35.2 Å². The van der Waals surface area contributed by atoms with Gasteiger partial charge in [0.2, 0.25) is 5.91 Å². The molecule has 1 N–H and O–H groups in total. The minimum Gasteiger partial charge on any atom is -0.354 e. The first-order chi connectivity index (χ1) is 13.0. The fraction of sp³-hybridized carbons (Fsp3) is 0.222. The van der Waals surface area contributed by atoms with Gasteiger partial charge in [-0.1, -0.05) is 23.7 Å². The van der Waals surface area contributed by atoms with Gasteiger partial charge in [-0.25, -0.2) is 4.98 Å². The molecule has 27 heavy (non-hydrogen) atoms. The SMILES string of the molecule is O=C(CN1C(=O)S/C(=C\c2ccc(Cl)cc2)C1=O)NCCCn1ccnc1. The van der Waals surface area contributed by atoms with Crippen LogP contribution in [-0.2, 0) is 16.1 Å². The first-order valence-corrected chi connectivity index (χ1v) is 9.46. The second kappa shape index (κ2) is 8.88. The first kappa shape index (κ1) is 19.2. The van der Waals surface area contributed by atoms with Crippen LogP contribution >= 0.6 is 23.4 Å². The fourth-order valence-electron chi connectivity index (χ4n) is 2.45. The van der Waals surface area contributed by atoms with Gasteiger partial charge in [-0.05, 0) is 42.0 Å². The normalized spacial score (nSPS) is 15.6. The first-order valence-electron chi connectivity index (χ1n) is 8.26. The highest BCUT2D eigenvalue weighted by molar-refractivity contribution is 8.18. The Balaban J connectivity index is 1.50. The number of nitrogens with zero attached hydrogens (tertiary/aromatic N) is 3. The molecule has 0 spiro atoms. The van der Waals surface area contributed by atoms with Crippen LogP contribution in [0, 0.1) is 0 Å². The molecule has 9 heteroatoms. The zero-order chi connectivity index (χ0) is 19.2. The second-order valence-corrected chi connectivity index (χ2v) is 7.25. The van der Waals surface area contributed by atoms with Crippen molar-refractivity contribution in [2.24, 2.45) is 0 Å². The number of aromatic nitrogens is 2. The monoisotopic (exact) mass is 404 g/mol. The molecule has 7 nitrogen and oxygen atoms in total. The van der Waals surface area contributed by atoms with Crippen LogP contribution in [0.1, 0.15) is 12.0 Å². The second-order valence-electron chi connectivity index (χ2n) is 5.82. The number of imide groups is 1. The maximum atomic E-state index is 12.4. The Labute approximate surface area is 165 Å². The van der Waals surface area contributed by atoms with Crippen molar-refractivity contribution in [3.63, 3.8) is 0 Å². The number of amides is 3. The molecule has 140 valence electrons. The lowest BCUT2D eigenvalue weighted by Crippen LogP contribution is -2.39. The van der Waals surface area contributed by atoms with E-state index in [1.807, 2.05) is 10.8 Å². The summed E-state index contributed by atoms with van der Waals surface area (Å²) >= 11 is 6.66. The molecule has 1 aliphatic heterocycles. The van der Waals surface area contributed by atoms with Gasteiger partial charge in [0.15, 0.2) is 0 Å². The van der Waals surface area contributed by atoms with Crippen molar-refractivity contribution in [2.45, 2.75) is 13.0 Å². The molecule has 3 rings (SSSR count). The van der Waals surface area contributed by atoms with Crippen LogP contribution in [0.15, 0.2) is 47.9 Å². The van der Waals surface area contributed by atoms with E-state index in [4.69, 9.17) is 11.6 Å². The minimum absolute atomic E-state index is 0.284. The number of nitrogens with one attached hydrogen (secondary N) is 1. The van der Waals surface area contributed by atoms with E-state index in [-0.39, 0.29) is 17.4 Å². The number of aryl methyl sites for hydroxylation is 1. The number of hydrogen-bond donors (Lipinski definition) is 1. The minimum atomic E-state index is -0.464. The van der Waals surface area contributed by atoms with E-state index in [1.54, 1.807) is 42.9 Å². The predicted molar refractivity (Wildman–Crippen MR) is 104 cm³/mol. The molecule has 1 aromatic carbocycles. The number of carbonyl (C=O) groups is 3. The maximum absolute atomic E-state index is 12.4. The predicted octanol–water partition coefficient (Wildman–Crippen LogP) is 2.78. The van der Waals surface area contributed by atoms with Crippen molar-refractivity contribution in [1.82, 2.24) is 19.8 Å². The van der Waals surface area contributed by atoms with Gasteiger partial charge >= 0.3 is 0 Å². The zero-order valence-corrected chi connectivity index (χ0v) is 15.9. The van der Waals surface area contributed by atoms with Gasteiger partial charge in [0.25, 0.3) is 11.1 Å². The van der Waals surface area contributed by atoms with Crippen LogP contribution < -0.4 is 5.32 Å². The highest BCUT2D eigenvalue weighted by Crippen LogP contribution is 2.32. The smallest absolute Gasteiger partial charge is 0.294 e. The molecule has 1 aromatic heterocycles. The van der Waals surface area contributed by atoms with Crippen LogP contribution in [0.25, 0.3) is 6.08 Å². The maximum Gasteiger partial charge on any atom is 0.294 e. The summed E-state index contributed by atoms with van der Waals surface area (Å²) < 4.78 is 1.91. The molecule has 0 saturated carbocycles. The molecule has 0 bridgehead atoms. The molecule has 0 radical (unpaired) electrons. The van der Waals surface area contributed by atoms with Crippen molar-refractivity contribution in [3.8, 4) is 0 Å². The lowest BCUT2D eigenvalue weighted by atomic mass is 10.2. The van der Waals surface area contributed by atoms with Gasteiger partial charge in [0.05, 0.1) is 11.2 Å². The quantitative estimate of drug-likeness (QED) is 0.566. The van der Waals surface area contributed by atoms with Crippen LogP contribution in [-0.4, -0.2) is 44.6 Å². The van der Waals surface area contributed by atoms with E-state index < -0.39 is 11.1 Å². The molecule has 0 atom stereocenters. The standard InChI is InChI=1S/C18H17ClN4O3S/c19-14-4-2-13(3-5-14)10-15-17(25)23(18(26)27-15)11-16(24)21-6-1-8-22-9-7-20-12-22/h2-5,7,9-10,12H,1,6,8,11H2,(H,21,24)/b15-10-. The highest BCUT2D eigenvalue weighted by atomic mass is 35.5. The summed E-state index contributed by atoms with van der Waals surface area (Å²) in [5.74, 6) is -0.829. The van der Waals surface area contributed by atoms with Gasteiger partial charge in [0, 0.05) is 30.5 Å². The van der Waals surface area contributed by atoms with Crippen molar-refractivity contribution in [3.05, 3.63) is 58.5 Å². The lowest BCUT2D eigenvalue weighted by molar-refractivity contribution is -0.129. The Morgan fingerprint density at radius 1 is 1.26 bits per heavy atom. The number of rotatable bonds is 7. The lowest BCUT2D eigenvalue weighted by Gasteiger charge is -2.12. The zero-order valence-electron chi connectivity index (χ0n) is 14.3. The van der Waals surface area contributed by atoms with Crippen molar-refractivity contribution >= 4 is 46.5 Å². The Bertz CT molecular complexity index is 865. The summed E-state index contributed by atoms with van der Waals surface area (Å²) in [4.78, 5) is 41.7. The summed E-state index contributed by atoms with van der Waals surface area (Å²) in [5.41, 5.74) is 0.758. The number of thioether (sulfide) groups is 1. The van der Waals surface area contributed by atoms with Gasteiger partial charge in [-0.15, -0.1) is 0 Å². The van der Waals surface area contributed by atoms with Gasteiger partial charge in [-0.2, -0.15) is 0 Å². The molecule has 2 heterocycles. The number of imidazole rings is 1. The number of hydrogen-bond acceptors (Lipinski definition) is 5. The fourth-order valence-corrected chi connectivity index (χ4v) is 3.42.